The van der Waals surface area contributed by atoms with Gasteiger partial charge in [-0.25, -0.2) is 4.98 Å². The number of hydrogen-bond donors (Lipinski definition) is 1. The molecule has 0 saturated heterocycles. The Labute approximate surface area is 182 Å². The molecule has 1 amide bonds. The number of imidazole rings is 1. The second kappa shape index (κ2) is 9.04. The van der Waals surface area contributed by atoms with Crippen molar-refractivity contribution in [1.29, 1.82) is 0 Å². The molecule has 1 N–H and O–H groups in total. The van der Waals surface area contributed by atoms with Crippen LogP contribution in [-0.4, -0.2) is 22.4 Å². The standard InChI is InChI=1S/C26H27N3O2/c1-18-9-8-14-29-24(17-27-26(18)29)23(21-12-7-13-22(15-21)31-3)16-25(30)28-19(2)20-10-5-4-6-11-20/h4-15,17,19,23H,16H2,1-3H3,(H,28,30). The number of benzene rings is 2. The zero-order valence-electron chi connectivity index (χ0n) is 18.1. The van der Waals surface area contributed by atoms with Gasteiger partial charge in [-0.15, -0.1) is 0 Å². The minimum Gasteiger partial charge on any atom is -0.497 e. The predicted octanol–water partition coefficient (Wildman–Crippen LogP) is 5.05. The van der Waals surface area contributed by atoms with Crippen LogP contribution in [0.4, 0.5) is 0 Å². The molecule has 0 bridgehead atoms. The summed E-state index contributed by atoms with van der Waals surface area (Å²) in [6.45, 7) is 4.05. The van der Waals surface area contributed by atoms with Crippen LogP contribution < -0.4 is 10.1 Å². The lowest BCUT2D eigenvalue weighted by molar-refractivity contribution is -0.122. The lowest BCUT2D eigenvalue weighted by Gasteiger charge is -2.20. The van der Waals surface area contributed by atoms with Crippen molar-refractivity contribution < 1.29 is 9.53 Å². The quantitative estimate of drug-likeness (QED) is 0.461. The van der Waals surface area contributed by atoms with E-state index in [4.69, 9.17) is 4.74 Å². The van der Waals surface area contributed by atoms with E-state index in [9.17, 15) is 4.79 Å². The Morgan fingerprint density at radius 2 is 1.84 bits per heavy atom. The molecule has 2 aromatic heterocycles. The van der Waals surface area contributed by atoms with Crippen molar-refractivity contribution in [3.8, 4) is 5.75 Å². The maximum absolute atomic E-state index is 13.1. The Hall–Kier alpha value is -3.60. The summed E-state index contributed by atoms with van der Waals surface area (Å²) in [6.07, 6.45) is 4.19. The number of nitrogens with zero attached hydrogens (tertiary/aromatic N) is 2. The van der Waals surface area contributed by atoms with Gasteiger partial charge in [0.1, 0.15) is 11.4 Å². The van der Waals surface area contributed by atoms with E-state index >= 15 is 0 Å². The number of hydrogen-bond acceptors (Lipinski definition) is 3. The molecule has 0 spiro atoms. The smallest absolute Gasteiger partial charge is 0.221 e. The summed E-state index contributed by atoms with van der Waals surface area (Å²) < 4.78 is 7.51. The van der Waals surface area contributed by atoms with Gasteiger partial charge in [-0.1, -0.05) is 48.5 Å². The highest BCUT2D eigenvalue weighted by molar-refractivity contribution is 5.78. The number of aromatic nitrogens is 2. The van der Waals surface area contributed by atoms with Crippen LogP contribution in [0.25, 0.3) is 5.65 Å². The Morgan fingerprint density at radius 1 is 1.06 bits per heavy atom. The van der Waals surface area contributed by atoms with Crippen molar-refractivity contribution in [3.63, 3.8) is 0 Å². The number of amides is 1. The van der Waals surface area contributed by atoms with E-state index in [-0.39, 0.29) is 17.9 Å². The first kappa shape index (κ1) is 20.7. The lowest BCUT2D eigenvalue weighted by Crippen LogP contribution is -2.28. The average Bonchev–Trinajstić information content (AvgIpc) is 3.23. The molecular weight excluding hydrogens is 386 g/mol. The number of nitrogens with one attached hydrogen (secondary N) is 1. The molecule has 4 aromatic rings. The summed E-state index contributed by atoms with van der Waals surface area (Å²) in [7, 11) is 1.65. The molecule has 4 rings (SSSR count). The molecule has 5 heteroatoms. The molecule has 0 aliphatic carbocycles. The molecule has 0 radical (unpaired) electrons. The highest BCUT2D eigenvalue weighted by atomic mass is 16.5. The van der Waals surface area contributed by atoms with Crippen LogP contribution in [0.15, 0.2) is 79.1 Å². The molecule has 158 valence electrons. The summed E-state index contributed by atoms with van der Waals surface area (Å²) in [5.41, 5.74) is 5.09. The van der Waals surface area contributed by atoms with Crippen LogP contribution in [0, 0.1) is 6.92 Å². The second-order valence-electron chi connectivity index (χ2n) is 7.80. The molecule has 5 nitrogen and oxygen atoms in total. The fourth-order valence-corrected chi connectivity index (χ4v) is 3.99. The van der Waals surface area contributed by atoms with Crippen LogP contribution in [-0.2, 0) is 4.79 Å². The number of fused-ring (bicyclic) bond motifs is 1. The molecule has 2 aromatic carbocycles. The summed E-state index contributed by atoms with van der Waals surface area (Å²) in [4.78, 5) is 17.7. The van der Waals surface area contributed by atoms with E-state index < -0.39 is 0 Å². The number of aryl methyl sites for hydroxylation is 1. The zero-order valence-corrected chi connectivity index (χ0v) is 18.1. The van der Waals surface area contributed by atoms with E-state index in [0.717, 1.165) is 33.8 Å². The fourth-order valence-electron chi connectivity index (χ4n) is 3.99. The van der Waals surface area contributed by atoms with Crippen molar-refractivity contribution >= 4 is 11.6 Å². The van der Waals surface area contributed by atoms with Gasteiger partial charge >= 0.3 is 0 Å². The van der Waals surface area contributed by atoms with Crippen molar-refractivity contribution in [2.75, 3.05) is 7.11 Å². The molecule has 2 atom stereocenters. The molecule has 2 unspecified atom stereocenters. The first-order valence-corrected chi connectivity index (χ1v) is 10.5. The Kier molecular flexibility index (Phi) is 6.03. The van der Waals surface area contributed by atoms with Crippen molar-refractivity contribution in [3.05, 3.63) is 102 Å². The number of pyridine rings is 1. The fraction of sp³-hybridized carbons (Fsp3) is 0.231. The zero-order chi connectivity index (χ0) is 21.8. The second-order valence-corrected chi connectivity index (χ2v) is 7.80. The van der Waals surface area contributed by atoms with Gasteiger partial charge in [0.15, 0.2) is 0 Å². The third-order valence-corrected chi connectivity index (χ3v) is 5.68. The van der Waals surface area contributed by atoms with Gasteiger partial charge in [-0.05, 0) is 48.7 Å². The first-order chi connectivity index (χ1) is 15.1. The molecule has 2 heterocycles. The molecule has 0 aliphatic rings. The van der Waals surface area contributed by atoms with Crippen LogP contribution in [0.1, 0.15) is 47.7 Å². The van der Waals surface area contributed by atoms with Gasteiger partial charge in [0, 0.05) is 24.7 Å². The lowest BCUT2D eigenvalue weighted by atomic mass is 9.92. The van der Waals surface area contributed by atoms with Crippen molar-refractivity contribution in [1.82, 2.24) is 14.7 Å². The van der Waals surface area contributed by atoms with Crippen molar-refractivity contribution in [2.45, 2.75) is 32.2 Å². The molecule has 31 heavy (non-hydrogen) atoms. The third kappa shape index (κ3) is 4.45. The highest BCUT2D eigenvalue weighted by Crippen LogP contribution is 2.31. The maximum atomic E-state index is 13.1. The number of carbonyl (C=O) groups is 1. The van der Waals surface area contributed by atoms with Gasteiger partial charge in [-0.2, -0.15) is 0 Å². The third-order valence-electron chi connectivity index (χ3n) is 5.68. The number of methoxy groups -OCH3 is 1. The van der Waals surface area contributed by atoms with E-state index in [1.54, 1.807) is 7.11 Å². The topological polar surface area (TPSA) is 55.6 Å². The van der Waals surface area contributed by atoms with Gasteiger partial charge in [-0.3, -0.25) is 4.79 Å². The Bertz CT molecular complexity index is 1180. The summed E-state index contributed by atoms with van der Waals surface area (Å²) in [5, 5.41) is 3.15. The first-order valence-electron chi connectivity index (χ1n) is 10.5. The van der Waals surface area contributed by atoms with Crippen LogP contribution in [0.3, 0.4) is 0 Å². The van der Waals surface area contributed by atoms with E-state index in [1.807, 2.05) is 93.0 Å². The van der Waals surface area contributed by atoms with E-state index in [0.29, 0.717) is 6.42 Å². The summed E-state index contributed by atoms with van der Waals surface area (Å²) in [5.74, 6) is 0.604. The van der Waals surface area contributed by atoms with Gasteiger partial charge < -0.3 is 14.5 Å². The van der Waals surface area contributed by atoms with Gasteiger partial charge in [0.2, 0.25) is 5.91 Å². The summed E-state index contributed by atoms with van der Waals surface area (Å²) >= 11 is 0. The van der Waals surface area contributed by atoms with Crippen LogP contribution in [0.2, 0.25) is 0 Å². The number of carbonyl (C=O) groups excluding carboxylic acids is 1. The van der Waals surface area contributed by atoms with Gasteiger partial charge in [0.25, 0.3) is 0 Å². The monoisotopic (exact) mass is 413 g/mol. The Morgan fingerprint density at radius 3 is 2.61 bits per heavy atom. The number of rotatable bonds is 7. The van der Waals surface area contributed by atoms with E-state index in [2.05, 4.69) is 14.7 Å². The average molecular weight is 414 g/mol. The molecule has 0 aliphatic heterocycles. The SMILES string of the molecule is COc1cccc(C(CC(=O)NC(C)c2ccccc2)c2cnc3c(C)cccn23)c1. The maximum Gasteiger partial charge on any atom is 0.221 e. The van der Waals surface area contributed by atoms with Crippen molar-refractivity contribution in [2.24, 2.45) is 0 Å². The van der Waals surface area contributed by atoms with Crippen LogP contribution >= 0.6 is 0 Å². The van der Waals surface area contributed by atoms with Crippen LogP contribution in [0.5, 0.6) is 5.75 Å². The van der Waals surface area contributed by atoms with E-state index in [1.165, 1.54) is 0 Å². The van der Waals surface area contributed by atoms with Gasteiger partial charge in [0.05, 0.1) is 18.8 Å². The largest absolute Gasteiger partial charge is 0.497 e. The minimum absolute atomic E-state index is 0.00761. The highest BCUT2D eigenvalue weighted by Gasteiger charge is 2.23. The normalized spacial score (nSPS) is 13.0. The summed E-state index contributed by atoms with van der Waals surface area (Å²) in [6, 6.07) is 21.9. The predicted molar refractivity (Wildman–Crippen MR) is 122 cm³/mol. The molecule has 0 saturated carbocycles. The molecular formula is C26H27N3O2. The molecule has 0 fully saturated rings. The number of ether oxygens (including phenoxy) is 1. The minimum atomic E-state index is -0.158. The Balaban J connectivity index is 1.67.